The molecule has 0 atom stereocenters. The minimum atomic E-state index is 0. The zero-order valence-electron chi connectivity index (χ0n) is 10.2. The van der Waals surface area contributed by atoms with E-state index in [1.807, 2.05) is 25.1 Å². The fraction of sp³-hybridized carbons (Fsp3) is 0.308. The second-order valence-electron chi connectivity index (χ2n) is 3.78. The van der Waals surface area contributed by atoms with E-state index >= 15 is 0 Å². The third kappa shape index (κ3) is 3.70. The Morgan fingerprint density at radius 2 is 2.00 bits per heavy atom. The minimum Gasteiger partial charge on any atom is -1.00 e. The number of hydrogen-bond acceptors (Lipinski definition) is 3. The van der Waals surface area contributed by atoms with Gasteiger partial charge < -0.3 is 22.3 Å². The summed E-state index contributed by atoms with van der Waals surface area (Å²) in [5, 5.41) is 9.62. The molecule has 0 aliphatic rings. The summed E-state index contributed by atoms with van der Waals surface area (Å²) in [5.74, 6) is 0. The van der Waals surface area contributed by atoms with Crippen molar-refractivity contribution in [3.63, 3.8) is 0 Å². The first-order valence-corrected chi connectivity index (χ1v) is 6.44. The smallest absolute Gasteiger partial charge is 0.247 e. The van der Waals surface area contributed by atoms with E-state index in [1.165, 1.54) is 5.56 Å². The highest BCUT2D eigenvalue weighted by Crippen LogP contribution is 2.21. The Morgan fingerprint density at radius 1 is 1.28 bits per heavy atom. The molecule has 2 rings (SSSR count). The van der Waals surface area contributed by atoms with Gasteiger partial charge in [-0.3, -0.25) is 0 Å². The number of aliphatic hydroxyl groups is 1. The predicted octanol–water partition coefficient (Wildman–Crippen LogP) is -1.23. The summed E-state index contributed by atoms with van der Waals surface area (Å²) in [6.45, 7) is 3.29. The van der Waals surface area contributed by atoms with Crippen molar-refractivity contribution in [2.24, 2.45) is 0 Å². The Kier molecular flexibility index (Phi) is 6.12. The third-order valence-electron chi connectivity index (χ3n) is 2.53. The molecule has 0 amide bonds. The molecule has 0 fully saturated rings. The van der Waals surface area contributed by atoms with Crippen LogP contribution in [0.15, 0.2) is 35.8 Å². The number of rotatable bonds is 5. The van der Waals surface area contributed by atoms with E-state index in [-0.39, 0.29) is 19.0 Å². The van der Waals surface area contributed by atoms with Crippen molar-refractivity contribution in [1.29, 1.82) is 0 Å². The molecule has 18 heavy (non-hydrogen) atoms. The number of halogens is 1. The molecule has 0 radical (unpaired) electrons. The molecule has 1 aromatic carbocycles. The third-order valence-corrected chi connectivity index (χ3v) is 3.52. The molecule has 1 aromatic heterocycles. The predicted molar refractivity (Wildman–Crippen MR) is 67.4 cm³/mol. The van der Waals surface area contributed by atoms with Crippen LogP contribution in [0.3, 0.4) is 0 Å². The molecule has 0 aliphatic heterocycles. The largest absolute Gasteiger partial charge is 1.00 e. The molecule has 2 aromatic rings. The second-order valence-corrected chi connectivity index (χ2v) is 4.60. The lowest BCUT2D eigenvalue weighted by molar-refractivity contribution is -0.689. The van der Waals surface area contributed by atoms with Gasteiger partial charge in [0, 0.05) is 12.5 Å². The first-order valence-electron chi connectivity index (χ1n) is 5.56. The van der Waals surface area contributed by atoms with Crippen molar-refractivity contribution in [1.82, 2.24) is 0 Å². The van der Waals surface area contributed by atoms with Crippen molar-refractivity contribution >= 4 is 11.3 Å². The van der Waals surface area contributed by atoms with Gasteiger partial charge in [0.15, 0.2) is 6.54 Å². The molecule has 0 unspecified atom stereocenters. The van der Waals surface area contributed by atoms with E-state index in [2.05, 4.69) is 22.2 Å². The van der Waals surface area contributed by atoms with Gasteiger partial charge in [-0.25, -0.2) is 0 Å². The Bertz CT molecular complexity index is 473. The van der Waals surface area contributed by atoms with Crippen LogP contribution in [0.25, 0.3) is 0 Å². The van der Waals surface area contributed by atoms with Crippen LogP contribution in [0.2, 0.25) is 0 Å². The minimum absolute atomic E-state index is 0. The van der Waals surface area contributed by atoms with Crippen molar-refractivity contribution in [3.05, 3.63) is 47.1 Å². The quantitative estimate of drug-likeness (QED) is 0.698. The molecule has 98 valence electrons. The molecular formula is C13H16ClNO2S. The maximum absolute atomic E-state index is 8.73. The summed E-state index contributed by atoms with van der Waals surface area (Å²) >= 11 is 1.56. The molecule has 1 N–H and O–H groups in total. The lowest BCUT2D eigenvalue weighted by atomic mass is 10.2. The molecule has 0 saturated heterocycles. The Hall–Kier alpha value is -1.10. The first kappa shape index (κ1) is 15.0. The van der Waals surface area contributed by atoms with Crippen molar-refractivity contribution < 1.29 is 26.8 Å². The summed E-state index contributed by atoms with van der Waals surface area (Å²) in [5.41, 5.74) is 4.43. The lowest BCUT2D eigenvalue weighted by Gasteiger charge is -1.99. The highest BCUT2D eigenvalue weighted by atomic mass is 35.5. The monoisotopic (exact) mass is 285 g/mol. The number of thiazole rings is 1. The highest BCUT2D eigenvalue weighted by Gasteiger charge is 2.16. The SMILES string of the molecule is Cc1c(OCCO)sc[n+]1Cc1ccccc1.[Cl-]. The zero-order chi connectivity index (χ0) is 12.1. The average Bonchev–Trinajstić information content (AvgIpc) is 2.70. The van der Waals surface area contributed by atoms with Crippen LogP contribution in [-0.4, -0.2) is 18.3 Å². The van der Waals surface area contributed by atoms with Gasteiger partial charge in [-0.2, -0.15) is 4.57 Å². The van der Waals surface area contributed by atoms with Crippen LogP contribution in [0.5, 0.6) is 5.06 Å². The summed E-state index contributed by atoms with van der Waals surface area (Å²) in [6, 6.07) is 10.3. The zero-order valence-corrected chi connectivity index (χ0v) is 11.7. The molecule has 3 nitrogen and oxygen atoms in total. The van der Waals surface area contributed by atoms with Gasteiger partial charge in [-0.1, -0.05) is 30.3 Å². The number of aliphatic hydroxyl groups excluding tert-OH is 1. The average molecular weight is 286 g/mol. The van der Waals surface area contributed by atoms with E-state index in [0.717, 1.165) is 17.3 Å². The second kappa shape index (κ2) is 7.36. The number of ether oxygens (including phenoxy) is 1. The van der Waals surface area contributed by atoms with Gasteiger partial charge in [0.2, 0.25) is 16.3 Å². The van der Waals surface area contributed by atoms with Gasteiger partial charge in [-0.15, -0.1) is 0 Å². The number of benzene rings is 1. The van der Waals surface area contributed by atoms with Crippen molar-refractivity contribution in [3.8, 4) is 5.06 Å². The maximum atomic E-state index is 8.73. The summed E-state index contributed by atoms with van der Waals surface area (Å²) in [6.07, 6.45) is 0. The van der Waals surface area contributed by atoms with Gasteiger partial charge in [-0.05, 0) is 11.3 Å². The van der Waals surface area contributed by atoms with E-state index < -0.39 is 0 Å². The first-order chi connectivity index (χ1) is 8.31. The molecule has 1 heterocycles. The summed E-state index contributed by atoms with van der Waals surface area (Å²) in [7, 11) is 0. The molecule has 5 heteroatoms. The molecule has 0 saturated carbocycles. The van der Waals surface area contributed by atoms with Gasteiger partial charge in [0.05, 0.1) is 6.61 Å². The molecule has 0 spiro atoms. The normalized spacial score (nSPS) is 9.89. The van der Waals surface area contributed by atoms with Crippen LogP contribution in [0.4, 0.5) is 0 Å². The van der Waals surface area contributed by atoms with E-state index in [0.29, 0.717) is 6.61 Å². The fourth-order valence-corrected chi connectivity index (χ4v) is 2.50. The number of aromatic nitrogens is 1. The summed E-state index contributed by atoms with van der Waals surface area (Å²) in [4.78, 5) is 0. The van der Waals surface area contributed by atoms with E-state index in [9.17, 15) is 0 Å². The van der Waals surface area contributed by atoms with Crippen LogP contribution in [0, 0.1) is 6.92 Å². The van der Waals surface area contributed by atoms with Crippen LogP contribution >= 0.6 is 11.3 Å². The van der Waals surface area contributed by atoms with E-state index in [4.69, 9.17) is 9.84 Å². The molecule has 0 bridgehead atoms. The Balaban J connectivity index is 0.00000162. The standard InChI is InChI=1S/C13H16NO2S.ClH/c1-11-13(16-8-7-15)17-10-14(11)9-12-5-3-2-4-6-12;/h2-6,10,15H,7-9H2,1H3;1H/q+1;/p-1. The van der Waals surface area contributed by atoms with Gasteiger partial charge in [0.1, 0.15) is 6.61 Å². The molecular weight excluding hydrogens is 270 g/mol. The Morgan fingerprint density at radius 3 is 2.67 bits per heavy atom. The number of hydrogen-bond donors (Lipinski definition) is 1. The summed E-state index contributed by atoms with van der Waals surface area (Å²) < 4.78 is 7.61. The van der Waals surface area contributed by atoms with Crippen LogP contribution < -0.4 is 21.7 Å². The fourth-order valence-electron chi connectivity index (χ4n) is 1.61. The van der Waals surface area contributed by atoms with Crippen LogP contribution in [-0.2, 0) is 6.54 Å². The van der Waals surface area contributed by atoms with E-state index in [1.54, 1.807) is 11.3 Å². The number of nitrogens with zero attached hydrogens (tertiary/aromatic N) is 1. The Labute approximate surface area is 117 Å². The maximum Gasteiger partial charge on any atom is 0.247 e. The topological polar surface area (TPSA) is 33.3 Å². The lowest BCUT2D eigenvalue weighted by Crippen LogP contribution is -3.00. The van der Waals surface area contributed by atoms with Gasteiger partial charge in [0.25, 0.3) is 0 Å². The van der Waals surface area contributed by atoms with Crippen LogP contribution in [0.1, 0.15) is 11.3 Å². The highest BCUT2D eigenvalue weighted by molar-refractivity contribution is 7.11. The van der Waals surface area contributed by atoms with Gasteiger partial charge >= 0.3 is 0 Å². The van der Waals surface area contributed by atoms with Crippen molar-refractivity contribution in [2.45, 2.75) is 13.5 Å². The van der Waals surface area contributed by atoms with Crippen molar-refractivity contribution in [2.75, 3.05) is 13.2 Å². The molecule has 0 aliphatic carbocycles.